The Labute approximate surface area is 289 Å². The van der Waals surface area contributed by atoms with Gasteiger partial charge in [-0.15, -0.1) is 0 Å². The first kappa shape index (κ1) is 35.4. The Morgan fingerprint density at radius 3 is 2.67 bits per heavy atom. The molecule has 1 fully saturated rings. The van der Waals surface area contributed by atoms with Gasteiger partial charge in [-0.25, -0.2) is 4.39 Å². The van der Waals surface area contributed by atoms with Gasteiger partial charge in [0.25, 0.3) is 0 Å². The van der Waals surface area contributed by atoms with E-state index in [0.717, 1.165) is 105 Å². The molecule has 0 bridgehead atoms. The van der Waals surface area contributed by atoms with Crippen LogP contribution in [0.1, 0.15) is 33.1 Å². The van der Waals surface area contributed by atoms with Crippen molar-refractivity contribution >= 4 is 29.2 Å². The molecule has 5 rings (SSSR count). The minimum Gasteiger partial charge on any atom is -0.384 e. The van der Waals surface area contributed by atoms with Crippen molar-refractivity contribution in [1.29, 1.82) is 0 Å². The summed E-state index contributed by atoms with van der Waals surface area (Å²) in [5, 5.41) is 20.6. The van der Waals surface area contributed by atoms with E-state index in [1.54, 1.807) is 6.07 Å². The first-order valence-corrected chi connectivity index (χ1v) is 17.0. The van der Waals surface area contributed by atoms with Crippen molar-refractivity contribution in [1.82, 2.24) is 30.7 Å². The summed E-state index contributed by atoms with van der Waals surface area (Å²) >= 11 is 0. The van der Waals surface area contributed by atoms with E-state index in [0.29, 0.717) is 5.92 Å². The van der Waals surface area contributed by atoms with Gasteiger partial charge in [-0.3, -0.25) is 5.10 Å². The standard InChI is InChI=1S/C41H50FN7/c1-8-31(23-34(9-2)45-28(4)21-30-15-17-43-18-16-30)27(3)13-14-38-29(5)41(48-47-38)40-26-37-36(11-10-12-39(37)46-40)32-22-33(42)25-35(24-32)44-19-20-49(6)7/h8-14,22-26,30,43-47H,2,4-5,15-21H2,1,3,6-7H3/b27-13+,31-8+,34-23+,38-14+. The average Bonchev–Trinajstić information content (AvgIpc) is 3.68. The zero-order valence-corrected chi connectivity index (χ0v) is 29.3. The number of H-pyrrole nitrogens is 2. The Bertz CT molecular complexity index is 2000. The van der Waals surface area contributed by atoms with E-state index in [9.17, 15) is 4.39 Å². The molecule has 256 valence electrons. The number of benzene rings is 2. The molecule has 1 saturated heterocycles. The number of aromatic nitrogens is 3. The Balaban J connectivity index is 1.35. The quantitative estimate of drug-likeness (QED) is 0.0944. The van der Waals surface area contributed by atoms with Crippen LogP contribution in [-0.2, 0) is 0 Å². The maximum absolute atomic E-state index is 14.7. The van der Waals surface area contributed by atoms with Crippen molar-refractivity contribution in [2.24, 2.45) is 5.92 Å². The molecule has 49 heavy (non-hydrogen) atoms. The Morgan fingerprint density at radius 2 is 1.94 bits per heavy atom. The first-order chi connectivity index (χ1) is 23.6. The van der Waals surface area contributed by atoms with Gasteiger partial charge in [-0.1, -0.05) is 44.0 Å². The second kappa shape index (κ2) is 16.5. The minimum absolute atomic E-state index is 0.278. The summed E-state index contributed by atoms with van der Waals surface area (Å²) in [6.07, 6.45) is 13.4. The van der Waals surface area contributed by atoms with Gasteiger partial charge in [0, 0.05) is 46.3 Å². The molecule has 1 aliphatic rings. The SMILES string of the molecule is C=C\C(=C/C(=C\C)C(/C)=C/C=c1/[nH]nc(-c2cc3c(-c4cc(F)cc(NCCN(C)C)c4)cccc3[nH]2)c1=C)NC(=C)CC1CCNCC1. The van der Waals surface area contributed by atoms with Gasteiger partial charge in [0.15, 0.2) is 0 Å². The molecule has 0 radical (unpaired) electrons. The van der Waals surface area contributed by atoms with Crippen LogP contribution < -0.4 is 26.5 Å². The molecule has 0 amide bonds. The van der Waals surface area contributed by atoms with Crippen LogP contribution in [0.25, 0.3) is 46.1 Å². The normalized spacial score (nSPS) is 15.3. The molecule has 1 aliphatic heterocycles. The maximum Gasteiger partial charge on any atom is 0.125 e. The minimum atomic E-state index is -0.278. The highest BCUT2D eigenvalue weighted by atomic mass is 19.1. The average molecular weight is 660 g/mol. The lowest BCUT2D eigenvalue weighted by atomic mass is 9.93. The van der Waals surface area contributed by atoms with Gasteiger partial charge >= 0.3 is 0 Å². The van der Waals surface area contributed by atoms with Crippen molar-refractivity contribution in [3.8, 4) is 22.5 Å². The van der Waals surface area contributed by atoms with Crippen LogP contribution in [0, 0.1) is 11.7 Å². The highest BCUT2D eigenvalue weighted by molar-refractivity contribution is 5.98. The number of anilines is 1. The first-order valence-electron chi connectivity index (χ1n) is 17.0. The summed E-state index contributed by atoms with van der Waals surface area (Å²) in [5.74, 6) is 0.384. The summed E-state index contributed by atoms with van der Waals surface area (Å²) in [7, 11) is 4.04. The van der Waals surface area contributed by atoms with Crippen molar-refractivity contribution in [3.63, 3.8) is 0 Å². The molecule has 2 aromatic heterocycles. The number of aromatic amines is 2. The van der Waals surface area contributed by atoms with Crippen molar-refractivity contribution in [3.05, 3.63) is 119 Å². The number of piperidine rings is 1. The van der Waals surface area contributed by atoms with E-state index in [1.807, 2.05) is 57.4 Å². The largest absolute Gasteiger partial charge is 0.384 e. The number of nitrogens with zero attached hydrogens (tertiary/aromatic N) is 2. The van der Waals surface area contributed by atoms with Crippen LogP contribution >= 0.6 is 0 Å². The van der Waals surface area contributed by atoms with E-state index >= 15 is 0 Å². The molecule has 0 aliphatic carbocycles. The van der Waals surface area contributed by atoms with Crippen LogP contribution in [0.3, 0.4) is 0 Å². The van der Waals surface area contributed by atoms with Crippen LogP contribution in [0.5, 0.6) is 0 Å². The molecule has 0 spiro atoms. The highest BCUT2D eigenvalue weighted by Crippen LogP contribution is 2.33. The van der Waals surface area contributed by atoms with Crippen LogP contribution in [0.4, 0.5) is 10.1 Å². The Hall–Kier alpha value is -4.92. The Kier molecular flexibility index (Phi) is 11.9. The van der Waals surface area contributed by atoms with Gasteiger partial charge in [0.1, 0.15) is 11.5 Å². The van der Waals surface area contributed by atoms with E-state index in [4.69, 9.17) is 0 Å². The molecular weight excluding hydrogens is 609 g/mol. The smallest absolute Gasteiger partial charge is 0.125 e. The molecule has 4 aromatic rings. The van der Waals surface area contributed by atoms with Crippen molar-refractivity contribution in [2.75, 3.05) is 45.6 Å². The van der Waals surface area contributed by atoms with E-state index in [2.05, 4.69) is 87.0 Å². The second-order valence-corrected chi connectivity index (χ2v) is 13.1. The van der Waals surface area contributed by atoms with Crippen molar-refractivity contribution < 1.29 is 4.39 Å². The Morgan fingerprint density at radius 1 is 1.14 bits per heavy atom. The van der Waals surface area contributed by atoms with Gasteiger partial charge in [-0.05, 0) is 137 Å². The summed E-state index contributed by atoms with van der Waals surface area (Å²) in [6.45, 7) is 20.5. The monoisotopic (exact) mass is 659 g/mol. The lowest BCUT2D eigenvalue weighted by Gasteiger charge is -2.24. The van der Waals surface area contributed by atoms with Crippen LogP contribution in [-0.4, -0.2) is 60.4 Å². The molecular formula is C41H50FN7. The third kappa shape index (κ3) is 9.16. The molecule has 0 atom stereocenters. The number of hydrogen-bond acceptors (Lipinski definition) is 5. The van der Waals surface area contributed by atoms with E-state index in [1.165, 1.54) is 18.9 Å². The number of allylic oxidation sites excluding steroid dienone is 7. The fourth-order valence-corrected chi connectivity index (χ4v) is 6.28. The molecule has 2 aromatic carbocycles. The van der Waals surface area contributed by atoms with Crippen LogP contribution in [0.2, 0.25) is 0 Å². The fraction of sp³-hybridized carbons (Fsp3) is 0.293. The zero-order valence-electron chi connectivity index (χ0n) is 29.3. The number of likely N-dealkylation sites (N-methyl/N-ethyl adjacent to an activating group) is 1. The van der Waals surface area contributed by atoms with Gasteiger partial charge < -0.3 is 25.8 Å². The lowest BCUT2D eigenvalue weighted by Crippen LogP contribution is -2.28. The predicted octanol–water partition coefficient (Wildman–Crippen LogP) is 6.98. The van der Waals surface area contributed by atoms with E-state index in [-0.39, 0.29) is 5.82 Å². The van der Waals surface area contributed by atoms with E-state index < -0.39 is 0 Å². The second-order valence-electron chi connectivity index (χ2n) is 13.1. The summed E-state index contributed by atoms with van der Waals surface area (Å²) in [4.78, 5) is 5.59. The maximum atomic E-state index is 14.7. The molecule has 7 nitrogen and oxygen atoms in total. The number of hydrogen-bond donors (Lipinski definition) is 5. The third-order valence-corrected chi connectivity index (χ3v) is 9.03. The number of halogens is 1. The zero-order chi connectivity index (χ0) is 34.9. The van der Waals surface area contributed by atoms with Crippen molar-refractivity contribution in [2.45, 2.75) is 33.1 Å². The van der Waals surface area contributed by atoms with Gasteiger partial charge in [0.05, 0.1) is 11.0 Å². The molecule has 0 saturated carbocycles. The summed E-state index contributed by atoms with van der Waals surface area (Å²) in [6, 6.07) is 13.2. The summed E-state index contributed by atoms with van der Waals surface area (Å²) in [5.41, 5.74) is 9.14. The topological polar surface area (TPSA) is 83.8 Å². The number of fused-ring (bicyclic) bond motifs is 1. The number of rotatable bonds is 14. The lowest BCUT2D eigenvalue weighted by molar-refractivity contribution is 0.368. The molecule has 0 unspecified atom stereocenters. The predicted molar refractivity (Wildman–Crippen MR) is 206 cm³/mol. The van der Waals surface area contributed by atoms with Gasteiger partial charge in [0.2, 0.25) is 0 Å². The molecule has 3 heterocycles. The fourth-order valence-electron chi connectivity index (χ4n) is 6.28. The van der Waals surface area contributed by atoms with Gasteiger partial charge in [-0.2, -0.15) is 5.10 Å². The highest BCUT2D eigenvalue weighted by Gasteiger charge is 2.15. The molecule has 5 N–H and O–H groups in total. The van der Waals surface area contributed by atoms with Crippen LogP contribution in [0.15, 0.2) is 102 Å². The molecule has 8 heteroatoms. The summed E-state index contributed by atoms with van der Waals surface area (Å²) < 4.78 is 14.7. The number of nitrogens with one attached hydrogen (secondary N) is 5. The third-order valence-electron chi connectivity index (χ3n) is 9.03.